The lowest BCUT2D eigenvalue weighted by molar-refractivity contribution is -0.298. The van der Waals surface area contributed by atoms with Crippen LogP contribution in [0.2, 0.25) is 0 Å². The number of ether oxygens (including phenoxy) is 2. The highest BCUT2D eigenvalue weighted by Gasteiger charge is 2.43. The van der Waals surface area contributed by atoms with E-state index in [0.29, 0.717) is 0 Å². The number of allylic oxidation sites excluding steroid dienone is 1. The van der Waals surface area contributed by atoms with Gasteiger partial charge in [-0.2, -0.15) is 0 Å². The molecule has 0 aromatic rings. The largest absolute Gasteiger partial charge is 0.394 e. The van der Waals surface area contributed by atoms with Crippen molar-refractivity contribution in [2.75, 3.05) is 13.2 Å². The van der Waals surface area contributed by atoms with Crippen LogP contribution in [0.25, 0.3) is 0 Å². The summed E-state index contributed by atoms with van der Waals surface area (Å²) in [7, 11) is 0. The van der Waals surface area contributed by atoms with Crippen molar-refractivity contribution in [1.29, 1.82) is 0 Å². The van der Waals surface area contributed by atoms with E-state index in [4.69, 9.17) is 14.6 Å². The molecule has 17 heavy (non-hydrogen) atoms. The summed E-state index contributed by atoms with van der Waals surface area (Å²) in [5.41, 5.74) is 0. The number of hydrogen-bond acceptors (Lipinski definition) is 6. The van der Waals surface area contributed by atoms with Crippen LogP contribution >= 0.6 is 0 Å². The summed E-state index contributed by atoms with van der Waals surface area (Å²) in [4.78, 5) is 0. The van der Waals surface area contributed by atoms with E-state index in [0.717, 1.165) is 6.08 Å². The Hall–Kier alpha value is -0.570. The highest BCUT2D eigenvalue weighted by Crippen LogP contribution is 2.21. The molecule has 0 aromatic heterocycles. The SMILES string of the molecule is C/C(F)=C\CO[C@@H]1OC(CO)C(O)[C@H](O)C1O. The van der Waals surface area contributed by atoms with Gasteiger partial charge in [0, 0.05) is 0 Å². The van der Waals surface area contributed by atoms with Crippen LogP contribution in [0.15, 0.2) is 11.9 Å². The van der Waals surface area contributed by atoms with Crippen LogP contribution in [-0.2, 0) is 9.47 Å². The predicted molar refractivity (Wildman–Crippen MR) is 54.6 cm³/mol. The van der Waals surface area contributed by atoms with Gasteiger partial charge in [-0.3, -0.25) is 0 Å². The van der Waals surface area contributed by atoms with Crippen molar-refractivity contribution in [3.63, 3.8) is 0 Å². The summed E-state index contributed by atoms with van der Waals surface area (Å²) in [5.74, 6) is -0.449. The van der Waals surface area contributed by atoms with E-state index in [1.807, 2.05) is 0 Å². The van der Waals surface area contributed by atoms with Crippen molar-refractivity contribution in [2.24, 2.45) is 0 Å². The van der Waals surface area contributed by atoms with E-state index < -0.39 is 43.1 Å². The molecule has 0 radical (unpaired) electrons. The summed E-state index contributed by atoms with van der Waals surface area (Å²) in [6.07, 6.45) is -5.48. The molecule has 1 aliphatic rings. The molecule has 1 rings (SSSR count). The van der Waals surface area contributed by atoms with Crippen molar-refractivity contribution < 1.29 is 34.3 Å². The average molecular weight is 252 g/mol. The van der Waals surface area contributed by atoms with E-state index in [-0.39, 0.29) is 6.61 Å². The fraction of sp³-hybridized carbons (Fsp3) is 0.800. The van der Waals surface area contributed by atoms with Gasteiger partial charge in [0.2, 0.25) is 0 Å². The topological polar surface area (TPSA) is 99.4 Å². The summed E-state index contributed by atoms with van der Waals surface area (Å²) < 4.78 is 22.4. The normalized spacial score (nSPS) is 39.4. The second-order valence-electron chi connectivity index (χ2n) is 3.82. The van der Waals surface area contributed by atoms with E-state index in [1.54, 1.807) is 0 Å². The van der Waals surface area contributed by atoms with Gasteiger partial charge < -0.3 is 29.9 Å². The Balaban J connectivity index is 2.56. The zero-order valence-electron chi connectivity index (χ0n) is 9.36. The van der Waals surface area contributed by atoms with Crippen LogP contribution in [0.5, 0.6) is 0 Å². The third-order valence-electron chi connectivity index (χ3n) is 2.47. The summed E-state index contributed by atoms with van der Waals surface area (Å²) in [6, 6.07) is 0. The molecule has 6 nitrogen and oxygen atoms in total. The van der Waals surface area contributed by atoms with Crippen LogP contribution in [0.3, 0.4) is 0 Å². The summed E-state index contributed by atoms with van der Waals surface area (Å²) >= 11 is 0. The quantitative estimate of drug-likeness (QED) is 0.495. The highest BCUT2D eigenvalue weighted by atomic mass is 19.1. The maximum absolute atomic E-state index is 12.4. The Bertz CT molecular complexity index is 266. The Labute approximate surface area is 97.9 Å². The molecule has 0 aliphatic carbocycles. The first-order chi connectivity index (χ1) is 7.97. The van der Waals surface area contributed by atoms with E-state index in [1.165, 1.54) is 6.92 Å². The molecule has 1 fully saturated rings. The molecule has 0 saturated carbocycles. The molecule has 0 bridgehead atoms. The van der Waals surface area contributed by atoms with Crippen LogP contribution in [-0.4, -0.2) is 64.3 Å². The van der Waals surface area contributed by atoms with Crippen molar-refractivity contribution >= 4 is 0 Å². The molecule has 0 amide bonds. The fourth-order valence-electron chi connectivity index (χ4n) is 1.46. The smallest absolute Gasteiger partial charge is 0.187 e. The second kappa shape index (κ2) is 6.39. The minimum Gasteiger partial charge on any atom is -0.394 e. The highest BCUT2D eigenvalue weighted by molar-refractivity contribution is 4.90. The standard InChI is InChI=1S/C10H17FO6/c1-5(11)2-3-16-10-9(15)8(14)7(13)6(4-12)17-10/h2,6-10,12-15H,3-4H2,1H3/b5-2+/t6?,7?,8-,9?,10+/m0/s1. The molecule has 0 spiro atoms. The Morgan fingerprint density at radius 3 is 2.47 bits per heavy atom. The van der Waals surface area contributed by atoms with Gasteiger partial charge in [-0.1, -0.05) is 0 Å². The van der Waals surface area contributed by atoms with Crippen molar-refractivity contribution in [1.82, 2.24) is 0 Å². The van der Waals surface area contributed by atoms with Crippen LogP contribution in [0.1, 0.15) is 6.92 Å². The summed E-state index contributed by atoms with van der Waals surface area (Å²) in [5, 5.41) is 37.3. The lowest BCUT2D eigenvalue weighted by Crippen LogP contribution is -2.59. The van der Waals surface area contributed by atoms with E-state index >= 15 is 0 Å². The third-order valence-corrected chi connectivity index (χ3v) is 2.47. The van der Waals surface area contributed by atoms with Gasteiger partial charge in [0.1, 0.15) is 24.4 Å². The molecule has 4 N–H and O–H groups in total. The molecule has 5 atom stereocenters. The number of halogens is 1. The van der Waals surface area contributed by atoms with Gasteiger partial charge in [0.05, 0.1) is 19.0 Å². The Morgan fingerprint density at radius 1 is 1.29 bits per heavy atom. The fourth-order valence-corrected chi connectivity index (χ4v) is 1.46. The summed E-state index contributed by atoms with van der Waals surface area (Å²) in [6.45, 7) is 0.560. The van der Waals surface area contributed by atoms with Crippen LogP contribution in [0, 0.1) is 0 Å². The predicted octanol–water partition coefficient (Wildman–Crippen LogP) is -1.32. The molecule has 1 saturated heterocycles. The first-order valence-electron chi connectivity index (χ1n) is 5.21. The third kappa shape index (κ3) is 3.70. The van der Waals surface area contributed by atoms with Gasteiger partial charge in [-0.15, -0.1) is 0 Å². The minimum absolute atomic E-state index is 0.148. The zero-order valence-corrected chi connectivity index (χ0v) is 9.36. The van der Waals surface area contributed by atoms with Gasteiger partial charge >= 0.3 is 0 Å². The van der Waals surface area contributed by atoms with E-state index in [2.05, 4.69) is 0 Å². The molecular formula is C10H17FO6. The number of aliphatic hydroxyl groups excluding tert-OH is 4. The molecule has 100 valence electrons. The molecule has 7 heteroatoms. The number of hydrogen-bond donors (Lipinski definition) is 4. The Kier molecular flexibility index (Phi) is 5.44. The lowest BCUT2D eigenvalue weighted by atomic mass is 9.99. The average Bonchev–Trinajstić information content (AvgIpc) is 2.29. The zero-order chi connectivity index (χ0) is 13.0. The Morgan fingerprint density at radius 2 is 1.94 bits per heavy atom. The maximum atomic E-state index is 12.4. The van der Waals surface area contributed by atoms with Gasteiger partial charge in [-0.05, 0) is 13.0 Å². The first-order valence-corrected chi connectivity index (χ1v) is 5.21. The molecule has 1 heterocycles. The molecular weight excluding hydrogens is 235 g/mol. The van der Waals surface area contributed by atoms with Gasteiger partial charge in [-0.25, -0.2) is 4.39 Å². The number of aliphatic hydroxyl groups is 4. The molecule has 3 unspecified atom stereocenters. The van der Waals surface area contributed by atoms with E-state index in [9.17, 15) is 19.7 Å². The second-order valence-corrected chi connectivity index (χ2v) is 3.82. The van der Waals surface area contributed by atoms with Crippen molar-refractivity contribution in [3.8, 4) is 0 Å². The molecule has 0 aromatic carbocycles. The molecule has 1 aliphatic heterocycles. The number of rotatable bonds is 4. The van der Waals surface area contributed by atoms with Gasteiger partial charge in [0.25, 0.3) is 0 Å². The van der Waals surface area contributed by atoms with Crippen molar-refractivity contribution in [2.45, 2.75) is 37.6 Å². The van der Waals surface area contributed by atoms with Crippen LogP contribution in [0.4, 0.5) is 4.39 Å². The first kappa shape index (κ1) is 14.5. The minimum atomic E-state index is -1.48. The van der Waals surface area contributed by atoms with Crippen LogP contribution < -0.4 is 0 Å². The maximum Gasteiger partial charge on any atom is 0.187 e. The van der Waals surface area contributed by atoms with Gasteiger partial charge in [0.15, 0.2) is 6.29 Å². The monoisotopic (exact) mass is 252 g/mol. The van der Waals surface area contributed by atoms with Crippen molar-refractivity contribution in [3.05, 3.63) is 11.9 Å². The lowest BCUT2D eigenvalue weighted by Gasteiger charge is -2.39.